The third-order valence-electron chi connectivity index (χ3n) is 5.40. The minimum Gasteiger partial charge on any atom is -0.371 e. The molecule has 0 aromatic heterocycles. The first-order chi connectivity index (χ1) is 11.7. The van der Waals surface area contributed by atoms with Gasteiger partial charge in [-0.1, -0.05) is 30.3 Å². The van der Waals surface area contributed by atoms with Crippen molar-refractivity contribution in [2.75, 3.05) is 32.8 Å². The van der Waals surface area contributed by atoms with E-state index in [4.69, 9.17) is 4.74 Å². The molecule has 1 saturated carbocycles. The van der Waals surface area contributed by atoms with Crippen molar-refractivity contribution in [2.24, 2.45) is 5.92 Å². The first-order valence-corrected chi connectivity index (χ1v) is 9.35. The fraction of sp³-hybridized carbons (Fsp3) is 0.650. The zero-order valence-corrected chi connectivity index (χ0v) is 15.0. The lowest BCUT2D eigenvalue weighted by Crippen LogP contribution is -2.43. The maximum atomic E-state index is 12.5. The fourth-order valence-corrected chi connectivity index (χ4v) is 3.64. The van der Waals surface area contributed by atoms with Crippen LogP contribution in [0, 0.1) is 5.92 Å². The predicted molar refractivity (Wildman–Crippen MR) is 95.8 cm³/mol. The van der Waals surface area contributed by atoms with Gasteiger partial charge in [-0.25, -0.2) is 0 Å². The van der Waals surface area contributed by atoms with Gasteiger partial charge in [-0.3, -0.25) is 9.69 Å². The van der Waals surface area contributed by atoms with Crippen LogP contribution >= 0.6 is 0 Å². The Morgan fingerprint density at radius 3 is 2.71 bits per heavy atom. The topological polar surface area (TPSA) is 32.8 Å². The Morgan fingerprint density at radius 1 is 1.29 bits per heavy atom. The zero-order valence-electron chi connectivity index (χ0n) is 15.0. The third-order valence-corrected chi connectivity index (χ3v) is 5.40. The number of carbonyl (C=O) groups excluding carboxylic acids is 1. The van der Waals surface area contributed by atoms with E-state index in [1.807, 2.05) is 4.90 Å². The maximum absolute atomic E-state index is 12.5. The van der Waals surface area contributed by atoms with E-state index in [0.29, 0.717) is 18.0 Å². The van der Waals surface area contributed by atoms with Gasteiger partial charge in [0.15, 0.2) is 0 Å². The quantitative estimate of drug-likeness (QED) is 0.734. The second-order valence-corrected chi connectivity index (χ2v) is 7.16. The number of amides is 1. The number of hydrogen-bond donors (Lipinski definition) is 0. The average Bonchev–Trinajstić information content (AvgIpc) is 3.31. The molecule has 2 aliphatic rings. The molecule has 4 nitrogen and oxygen atoms in total. The summed E-state index contributed by atoms with van der Waals surface area (Å²) in [5.74, 6) is 0.860. The van der Waals surface area contributed by atoms with Crippen LogP contribution in [0.5, 0.6) is 0 Å². The van der Waals surface area contributed by atoms with Crippen molar-refractivity contribution >= 4 is 5.91 Å². The van der Waals surface area contributed by atoms with E-state index in [-0.39, 0.29) is 12.5 Å². The smallest absolute Gasteiger partial charge is 0.248 e. The molecule has 2 unspecified atom stereocenters. The number of rotatable bonds is 8. The van der Waals surface area contributed by atoms with Gasteiger partial charge in [0.25, 0.3) is 0 Å². The van der Waals surface area contributed by atoms with E-state index in [2.05, 4.69) is 49.1 Å². The second kappa shape index (κ2) is 8.13. The fourth-order valence-electron chi connectivity index (χ4n) is 3.64. The van der Waals surface area contributed by atoms with Crippen molar-refractivity contribution in [1.29, 1.82) is 0 Å². The van der Waals surface area contributed by atoms with Crippen molar-refractivity contribution in [3.63, 3.8) is 0 Å². The van der Waals surface area contributed by atoms with Gasteiger partial charge in [-0.15, -0.1) is 0 Å². The van der Waals surface area contributed by atoms with Crippen LogP contribution in [0.1, 0.15) is 44.7 Å². The summed E-state index contributed by atoms with van der Waals surface area (Å²) in [5, 5.41) is 0. The number of nitrogens with zero attached hydrogens (tertiary/aromatic N) is 2. The van der Waals surface area contributed by atoms with Gasteiger partial charge in [-0.2, -0.15) is 0 Å². The molecular weight excluding hydrogens is 300 g/mol. The molecule has 1 saturated heterocycles. The average molecular weight is 330 g/mol. The highest BCUT2D eigenvalue weighted by molar-refractivity contribution is 5.77. The van der Waals surface area contributed by atoms with E-state index in [0.717, 1.165) is 32.7 Å². The molecule has 1 heterocycles. The van der Waals surface area contributed by atoms with Crippen LogP contribution < -0.4 is 0 Å². The number of likely N-dealkylation sites (tertiary alicyclic amines) is 1. The van der Waals surface area contributed by atoms with E-state index in [9.17, 15) is 4.79 Å². The molecular formula is C20H30N2O2. The van der Waals surface area contributed by atoms with Crippen LogP contribution in [0.2, 0.25) is 0 Å². The molecule has 0 N–H and O–H groups in total. The summed E-state index contributed by atoms with van der Waals surface area (Å²) >= 11 is 0. The summed E-state index contributed by atoms with van der Waals surface area (Å²) in [6.45, 7) is 8.10. The van der Waals surface area contributed by atoms with Crippen molar-refractivity contribution in [2.45, 2.75) is 45.2 Å². The molecule has 0 radical (unpaired) electrons. The zero-order chi connectivity index (χ0) is 16.9. The van der Waals surface area contributed by atoms with Crippen LogP contribution in [-0.2, 0) is 9.53 Å². The van der Waals surface area contributed by atoms with Gasteiger partial charge < -0.3 is 9.64 Å². The summed E-state index contributed by atoms with van der Waals surface area (Å²) in [7, 11) is 0. The molecule has 1 aromatic rings. The number of likely N-dealkylation sites (N-methyl/N-ethyl adjacent to an activating group) is 1. The largest absolute Gasteiger partial charge is 0.371 e. The highest BCUT2D eigenvalue weighted by Gasteiger charge is 2.32. The van der Waals surface area contributed by atoms with E-state index >= 15 is 0 Å². The molecule has 3 rings (SSSR count). The Labute approximate surface area is 145 Å². The highest BCUT2D eigenvalue weighted by Crippen LogP contribution is 2.29. The molecule has 1 aliphatic carbocycles. The third kappa shape index (κ3) is 4.37. The summed E-state index contributed by atoms with van der Waals surface area (Å²) in [4.78, 5) is 17.0. The number of hydrogen-bond acceptors (Lipinski definition) is 3. The van der Waals surface area contributed by atoms with Crippen LogP contribution in [0.15, 0.2) is 30.3 Å². The van der Waals surface area contributed by atoms with E-state index in [1.165, 1.54) is 18.4 Å². The Balaban J connectivity index is 1.51. The standard InChI is InChI=1S/C20H30N2O2/c1-3-22(20(23)15-24-14-17-9-10-17)19-11-12-21(13-19)16(2)18-7-5-4-6-8-18/h4-8,16-17,19H,3,9-15H2,1-2H3. The summed E-state index contributed by atoms with van der Waals surface area (Å²) in [6, 6.07) is 11.3. The lowest BCUT2D eigenvalue weighted by Gasteiger charge is -2.29. The molecule has 2 fully saturated rings. The van der Waals surface area contributed by atoms with Gasteiger partial charge in [0.2, 0.25) is 5.91 Å². The lowest BCUT2D eigenvalue weighted by atomic mass is 10.1. The molecule has 0 bridgehead atoms. The van der Waals surface area contributed by atoms with Gasteiger partial charge in [0.1, 0.15) is 6.61 Å². The molecule has 132 valence electrons. The highest BCUT2D eigenvalue weighted by atomic mass is 16.5. The number of carbonyl (C=O) groups is 1. The van der Waals surface area contributed by atoms with Crippen molar-refractivity contribution in [3.8, 4) is 0 Å². The van der Waals surface area contributed by atoms with E-state index < -0.39 is 0 Å². The molecule has 0 spiro atoms. The Hall–Kier alpha value is -1.39. The number of ether oxygens (including phenoxy) is 1. The van der Waals surface area contributed by atoms with Gasteiger partial charge >= 0.3 is 0 Å². The van der Waals surface area contributed by atoms with Crippen LogP contribution in [0.25, 0.3) is 0 Å². The second-order valence-electron chi connectivity index (χ2n) is 7.16. The van der Waals surface area contributed by atoms with Crippen LogP contribution in [-0.4, -0.2) is 54.6 Å². The van der Waals surface area contributed by atoms with Gasteiger partial charge in [0.05, 0.1) is 6.61 Å². The molecule has 1 amide bonds. The van der Waals surface area contributed by atoms with Crippen molar-refractivity contribution < 1.29 is 9.53 Å². The summed E-state index contributed by atoms with van der Waals surface area (Å²) < 4.78 is 5.60. The van der Waals surface area contributed by atoms with E-state index in [1.54, 1.807) is 0 Å². The Morgan fingerprint density at radius 2 is 2.04 bits per heavy atom. The minimum absolute atomic E-state index is 0.150. The van der Waals surface area contributed by atoms with Crippen molar-refractivity contribution in [3.05, 3.63) is 35.9 Å². The van der Waals surface area contributed by atoms with Crippen LogP contribution in [0.3, 0.4) is 0 Å². The SMILES string of the molecule is CCN(C(=O)COCC1CC1)C1CCN(C(C)c2ccccc2)C1. The lowest BCUT2D eigenvalue weighted by molar-refractivity contribution is -0.138. The Kier molecular flexibility index (Phi) is 5.90. The first kappa shape index (κ1) is 17.4. The maximum Gasteiger partial charge on any atom is 0.248 e. The normalized spacial score (nSPS) is 22.5. The van der Waals surface area contributed by atoms with Gasteiger partial charge in [-0.05, 0) is 44.6 Å². The molecule has 1 aromatic carbocycles. The number of benzene rings is 1. The molecule has 4 heteroatoms. The molecule has 2 atom stereocenters. The van der Waals surface area contributed by atoms with Crippen LogP contribution in [0.4, 0.5) is 0 Å². The summed E-state index contributed by atoms with van der Waals surface area (Å²) in [5.41, 5.74) is 1.35. The summed E-state index contributed by atoms with van der Waals surface area (Å²) in [6.07, 6.45) is 3.58. The predicted octanol–water partition coefficient (Wildman–Crippen LogP) is 3.10. The van der Waals surface area contributed by atoms with Crippen molar-refractivity contribution in [1.82, 2.24) is 9.80 Å². The Bertz CT molecular complexity index is 530. The molecule has 1 aliphatic heterocycles. The monoisotopic (exact) mass is 330 g/mol. The minimum atomic E-state index is 0.150. The molecule has 24 heavy (non-hydrogen) atoms. The first-order valence-electron chi connectivity index (χ1n) is 9.35. The van der Waals surface area contributed by atoms with Gasteiger partial charge in [0, 0.05) is 31.7 Å².